The summed E-state index contributed by atoms with van der Waals surface area (Å²) in [7, 11) is 1.61. The van der Waals surface area contributed by atoms with Gasteiger partial charge in [0.15, 0.2) is 0 Å². The number of aryl methyl sites for hydroxylation is 2. The summed E-state index contributed by atoms with van der Waals surface area (Å²) in [6.45, 7) is 2.66. The fraction of sp³-hybridized carbons (Fsp3) is 0.308. The zero-order chi connectivity index (χ0) is 20.9. The summed E-state index contributed by atoms with van der Waals surface area (Å²) in [5.41, 5.74) is 7.22. The van der Waals surface area contributed by atoms with Crippen LogP contribution in [0.4, 0.5) is 0 Å². The number of fused-ring (bicyclic) bond motifs is 1. The van der Waals surface area contributed by atoms with Crippen LogP contribution < -0.4 is 9.47 Å². The minimum atomic E-state index is 0.521. The van der Waals surface area contributed by atoms with Gasteiger partial charge in [0, 0.05) is 23.0 Å². The number of rotatable bonds is 6. The number of hydrogen-bond donors (Lipinski definition) is 0. The molecule has 3 aromatic rings. The highest BCUT2D eigenvalue weighted by Gasteiger charge is 2.17. The van der Waals surface area contributed by atoms with Gasteiger partial charge in [0.25, 0.3) is 0 Å². The van der Waals surface area contributed by atoms with Crippen LogP contribution in [-0.2, 0) is 25.9 Å². The van der Waals surface area contributed by atoms with Crippen molar-refractivity contribution in [3.05, 3.63) is 76.6 Å². The second-order valence-corrected chi connectivity index (χ2v) is 7.61. The lowest BCUT2D eigenvalue weighted by Crippen LogP contribution is -2.10. The van der Waals surface area contributed by atoms with Gasteiger partial charge >= 0.3 is 0 Å². The van der Waals surface area contributed by atoms with Gasteiger partial charge in [0.1, 0.15) is 18.1 Å². The van der Waals surface area contributed by atoms with Gasteiger partial charge in [0.05, 0.1) is 18.7 Å². The first kappa shape index (κ1) is 20.0. The molecule has 0 atom stereocenters. The van der Waals surface area contributed by atoms with Gasteiger partial charge in [-0.05, 0) is 67.0 Å². The number of pyridine rings is 1. The minimum Gasteiger partial charge on any atom is -0.497 e. The van der Waals surface area contributed by atoms with Crippen LogP contribution >= 0.6 is 0 Å². The van der Waals surface area contributed by atoms with Gasteiger partial charge < -0.3 is 9.47 Å². The third-order valence-corrected chi connectivity index (χ3v) is 5.68. The number of methoxy groups -OCH3 is 1. The smallest absolute Gasteiger partial charge is 0.126 e. The molecule has 4 heteroatoms. The van der Waals surface area contributed by atoms with Gasteiger partial charge in [-0.3, -0.25) is 4.98 Å². The highest BCUT2D eigenvalue weighted by molar-refractivity contribution is 5.71. The normalized spacial score (nSPS) is 12.7. The van der Waals surface area contributed by atoms with Gasteiger partial charge in [-0.15, -0.1) is 0 Å². The van der Waals surface area contributed by atoms with Crippen LogP contribution in [0.5, 0.6) is 11.5 Å². The number of ether oxygens (including phenoxy) is 2. The maximum atomic E-state index is 9.47. The summed E-state index contributed by atoms with van der Waals surface area (Å²) >= 11 is 0. The zero-order valence-electron chi connectivity index (χ0n) is 17.6. The number of nitrogens with zero attached hydrogens (tertiary/aromatic N) is 2. The van der Waals surface area contributed by atoms with E-state index >= 15 is 0 Å². The van der Waals surface area contributed by atoms with Crippen molar-refractivity contribution < 1.29 is 9.47 Å². The maximum Gasteiger partial charge on any atom is 0.126 e. The average molecular weight is 399 g/mol. The number of aromatic nitrogens is 1. The Kier molecular flexibility index (Phi) is 5.99. The average Bonchev–Trinajstić information content (AvgIpc) is 2.82. The molecule has 0 bridgehead atoms. The lowest BCUT2D eigenvalue weighted by Gasteiger charge is -2.20. The molecule has 1 aromatic heterocycles. The third kappa shape index (κ3) is 4.16. The Balaban J connectivity index is 1.52. The standard InChI is InChI=1S/C26H26N2O2/c1-3-21-15-26(24-6-4-5-7-25(24)28-21)30-17-18-8-10-19(11-9-18)23-13-12-22(29-2)14-20(23)16-27/h8-15H,3-7,17H2,1-2H3. The highest BCUT2D eigenvalue weighted by Crippen LogP contribution is 2.31. The number of nitriles is 1. The van der Waals surface area contributed by atoms with E-state index in [1.54, 1.807) is 13.2 Å². The first-order valence-corrected chi connectivity index (χ1v) is 10.5. The largest absolute Gasteiger partial charge is 0.497 e. The van der Waals surface area contributed by atoms with Crippen molar-refractivity contribution in [1.29, 1.82) is 5.26 Å². The summed E-state index contributed by atoms with van der Waals surface area (Å²) < 4.78 is 11.5. The lowest BCUT2D eigenvalue weighted by atomic mass is 9.94. The van der Waals surface area contributed by atoms with Crippen LogP contribution in [0.3, 0.4) is 0 Å². The molecule has 0 unspecified atom stereocenters. The summed E-state index contributed by atoms with van der Waals surface area (Å²) in [6.07, 6.45) is 5.44. The predicted octanol–water partition coefficient (Wildman–Crippen LogP) is 5.65. The predicted molar refractivity (Wildman–Crippen MR) is 118 cm³/mol. The van der Waals surface area contributed by atoms with Crippen LogP contribution in [0, 0.1) is 11.3 Å². The van der Waals surface area contributed by atoms with Crippen molar-refractivity contribution in [3.8, 4) is 28.7 Å². The fourth-order valence-electron chi connectivity index (χ4n) is 3.97. The van der Waals surface area contributed by atoms with Crippen molar-refractivity contribution >= 4 is 0 Å². The first-order chi connectivity index (χ1) is 14.7. The molecular weight excluding hydrogens is 372 g/mol. The number of benzene rings is 2. The molecule has 4 rings (SSSR count). The maximum absolute atomic E-state index is 9.47. The molecular formula is C26H26N2O2. The van der Waals surface area contributed by atoms with Gasteiger partial charge in [-0.1, -0.05) is 31.2 Å². The van der Waals surface area contributed by atoms with E-state index in [-0.39, 0.29) is 0 Å². The molecule has 0 spiro atoms. The van der Waals surface area contributed by atoms with Crippen LogP contribution in [0.1, 0.15) is 47.8 Å². The Hall–Kier alpha value is -3.32. The van der Waals surface area contributed by atoms with E-state index in [1.165, 1.54) is 24.1 Å². The Labute approximate surface area is 178 Å². The van der Waals surface area contributed by atoms with Crippen LogP contribution in [0.2, 0.25) is 0 Å². The molecule has 0 N–H and O–H groups in total. The molecule has 2 aromatic carbocycles. The molecule has 0 saturated heterocycles. The molecule has 152 valence electrons. The van der Waals surface area contributed by atoms with Crippen molar-refractivity contribution in [1.82, 2.24) is 4.98 Å². The van der Waals surface area contributed by atoms with Crippen LogP contribution in [0.25, 0.3) is 11.1 Å². The second kappa shape index (κ2) is 9.00. The molecule has 0 radical (unpaired) electrons. The van der Waals surface area contributed by atoms with E-state index in [0.29, 0.717) is 17.9 Å². The molecule has 0 aliphatic heterocycles. The van der Waals surface area contributed by atoms with Crippen molar-refractivity contribution in [3.63, 3.8) is 0 Å². The monoisotopic (exact) mass is 398 g/mol. The van der Waals surface area contributed by atoms with E-state index < -0.39 is 0 Å². The molecule has 0 amide bonds. The molecule has 4 nitrogen and oxygen atoms in total. The summed E-state index contributed by atoms with van der Waals surface area (Å²) in [5.74, 6) is 1.68. The number of hydrogen-bond acceptors (Lipinski definition) is 4. The fourth-order valence-corrected chi connectivity index (χ4v) is 3.97. The van der Waals surface area contributed by atoms with Crippen LogP contribution in [0.15, 0.2) is 48.5 Å². The molecule has 0 fully saturated rings. The third-order valence-electron chi connectivity index (χ3n) is 5.68. The summed E-state index contributed by atoms with van der Waals surface area (Å²) in [5, 5.41) is 9.47. The van der Waals surface area contributed by atoms with E-state index in [1.807, 2.05) is 24.3 Å². The van der Waals surface area contributed by atoms with Gasteiger partial charge in [-0.2, -0.15) is 5.26 Å². The summed E-state index contributed by atoms with van der Waals surface area (Å²) in [4.78, 5) is 4.81. The lowest BCUT2D eigenvalue weighted by molar-refractivity contribution is 0.300. The zero-order valence-corrected chi connectivity index (χ0v) is 17.6. The molecule has 0 saturated carbocycles. The highest BCUT2D eigenvalue weighted by atomic mass is 16.5. The van der Waals surface area contributed by atoms with E-state index in [9.17, 15) is 5.26 Å². The Morgan fingerprint density at radius 3 is 2.57 bits per heavy atom. The SMILES string of the molecule is CCc1cc(OCc2ccc(-c3ccc(OC)cc3C#N)cc2)c2c(n1)CCCC2. The topological polar surface area (TPSA) is 55.1 Å². The first-order valence-electron chi connectivity index (χ1n) is 10.5. The minimum absolute atomic E-state index is 0.521. The Morgan fingerprint density at radius 2 is 1.83 bits per heavy atom. The van der Waals surface area contributed by atoms with E-state index in [0.717, 1.165) is 47.4 Å². The van der Waals surface area contributed by atoms with E-state index in [2.05, 4.69) is 31.2 Å². The van der Waals surface area contributed by atoms with Gasteiger partial charge in [0.2, 0.25) is 0 Å². The summed E-state index contributed by atoms with van der Waals surface area (Å²) in [6, 6.07) is 18.2. The quantitative estimate of drug-likeness (QED) is 0.538. The van der Waals surface area contributed by atoms with Gasteiger partial charge in [-0.25, -0.2) is 0 Å². The molecule has 1 aliphatic carbocycles. The molecule has 1 aliphatic rings. The Bertz CT molecular complexity index is 1080. The van der Waals surface area contributed by atoms with E-state index in [4.69, 9.17) is 14.5 Å². The molecule has 1 heterocycles. The van der Waals surface area contributed by atoms with Crippen molar-refractivity contribution in [2.75, 3.05) is 7.11 Å². The van der Waals surface area contributed by atoms with Crippen molar-refractivity contribution in [2.45, 2.75) is 45.6 Å². The molecule has 30 heavy (non-hydrogen) atoms. The van der Waals surface area contributed by atoms with Crippen LogP contribution in [-0.4, -0.2) is 12.1 Å². The Morgan fingerprint density at radius 1 is 1.03 bits per heavy atom. The van der Waals surface area contributed by atoms with Crippen molar-refractivity contribution in [2.24, 2.45) is 0 Å². The second-order valence-electron chi connectivity index (χ2n) is 7.61.